The number of aryl methyl sites for hydroxylation is 1. The molecule has 1 aromatic rings. The van der Waals surface area contributed by atoms with Crippen molar-refractivity contribution in [1.29, 1.82) is 0 Å². The van der Waals surface area contributed by atoms with E-state index in [4.69, 9.17) is 4.74 Å². The topological polar surface area (TPSA) is 76.5 Å². The van der Waals surface area contributed by atoms with Crippen LogP contribution in [0.4, 0.5) is 0 Å². The SMILES string of the molecule is CCOC(=O)c1cnn(C)c1CNC(C)C(=O)N(C)C. The number of rotatable bonds is 6. The molecule has 7 heteroatoms. The lowest BCUT2D eigenvalue weighted by atomic mass is 10.2. The molecule has 20 heavy (non-hydrogen) atoms. The highest BCUT2D eigenvalue weighted by Gasteiger charge is 2.19. The summed E-state index contributed by atoms with van der Waals surface area (Å²) < 4.78 is 6.58. The third-order valence-electron chi connectivity index (χ3n) is 2.94. The van der Waals surface area contributed by atoms with E-state index in [9.17, 15) is 9.59 Å². The number of amides is 1. The molecule has 1 heterocycles. The number of aromatic nitrogens is 2. The first-order valence-electron chi connectivity index (χ1n) is 6.51. The highest BCUT2D eigenvalue weighted by atomic mass is 16.5. The highest BCUT2D eigenvalue weighted by molar-refractivity contribution is 5.90. The van der Waals surface area contributed by atoms with Crippen molar-refractivity contribution in [3.05, 3.63) is 17.5 Å². The lowest BCUT2D eigenvalue weighted by Gasteiger charge is -2.18. The molecular formula is C13H22N4O3. The van der Waals surface area contributed by atoms with Crippen LogP contribution in [0.1, 0.15) is 29.9 Å². The molecule has 0 radical (unpaired) electrons. The molecule has 0 bridgehead atoms. The Morgan fingerprint density at radius 2 is 2.15 bits per heavy atom. The van der Waals surface area contributed by atoms with Crippen LogP contribution in [0.5, 0.6) is 0 Å². The van der Waals surface area contributed by atoms with Crippen LogP contribution in [0.15, 0.2) is 6.20 Å². The van der Waals surface area contributed by atoms with E-state index >= 15 is 0 Å². The molecule has 0 aromatic carbocycles. The lowest BCUT2D eigenvalue weighted by Crippen LogP contribution is -2.41. The summed E-state index contributed by atoms with van der Waals surface area (Å²) in [6, 6.07) is -0.338. The summed E-state index contributed by atoms with van der Waals surface area (Å²) in [6.45, 7) is 4.22. The van der Waals surface area contributed by atoms with Crippen molar-refractivity contribution in [2.45, 2.75) is 26.4 Å². The average Bonchev–Trinajstić information content (AvgIpc) is 2.76. The second kappa shape index (κ2) is 7.04. The van der Waals surface area contributed by atoms with Gasteiger partial charge in [0.2, 0.25) is 5.91 Å². The number of esters is 1. The third kappa shape index (κ3) is 3.80. The van der Waals surface area contributed by atoms with Gasteiger partial charge in [-0.05, 0) is 13.8 Å². The van der Waals surface area contributed by atoms with Crippen molar-refractivity contribution in [3.63, 3.8) is 0 Å². The predicted octanol–water partition coefficient (Wildman–Crippen LogP) is 0.163. The van der Waals surface area contributed by atoms with E-state index in [1.54, 1.807) is 39.7 Å². The maximum atomic E-state index is 11.8. The minimum absolute atomic E-state index is 0.0233. The van der Waals surface area contributed by atoms with Gasteiger partial charge in [0.05, 0.1) is 24.5 Å². The molecule has 0 saturated carbocycles. The summed E-state index contributed by atoms with van der Waals surface area (Å²) in [4.78, 5) is 25.1. The van der Waals surface area contributed by atoms with Crippen LogP contribution in [0, 0.1) is 0 Å². The summed E-state index contributed by atoms with van der Waals surface area (Å²) in [6.07, 6.45) is 1.48. The fourth-order valence-corrected chi connectivity index (χ4v) is 1.78. The monoisotopic (exact) mass is 282 g/mol. The number of nitrogens with zero attached hydrogens (tertiary/aromatic N) is 3. The highest BCUT2D eigenvalue weighted by Crippen LogP contribution is 2.09. The van der Waals surface area contributed by atoms with E-state index in [1.165, 1.54) is 11.1 Å². The van der Waals surface area contributed by atoms with E-state index in [0.29, 0.717) is 24.4 Å². The van der Waals surface area contributed by atoms with Crippen molar-refractivity contribution in [2.24, 2.45) is 7.05 Å². The molecule has 0 aliphatic carbocycles. The van der Waals surface area contributed by atoms with Gasteiger partial charge in [0.1, 0.15) is 5.56 Å². The number of carbonyl (C=O) groups excluding carboxylic acids is 2. The Morgan fingerprint density at radius 1 is 1.50 bits per heavy atom. The second-order valence-corrected chi connectivity index (χ2v) is 4.68. The van der Waals surface area contributed by atoms with Gasteiger partial charge in [-0.1, -0.05) is 0 Å². The average molecular weight is 282 g/mol. The first kappa shape index (κ1) is 16.2. The standard InChI is InChI=1S/C13H22N4O3/c1-6-20-13(19)10-7-15-17(5)11(10)8-14-9(2)12(18)16(3)4/h7,9,14H,6,8H2,1-5H3. The Morgan fingerprint density at radius 3 is 2.70 bits per heavy atom. The van der Waals surface area contributed by atoms with Crippen molar-refractivity contribution >= 4 is 11.9 Å². The molecule has 0 fully saturated rings. The van der Waals surface area contributed by atoms with Crippen LogP contribution in [-0.2, 0) is 23.1 Å². The Hall–Kier alpha value is -1.89. The molecular weight excluding hydrogens is 260 g/mol. The number of carbonyl (C=O) groups is 2. The summed E-state index contributed by atoms with van der Waals surface area (Å²) in [5, 5.41) is 7.14. The molecule has 1 aromatic heterocycles. The van der Waals surface area contributed by atoms with E-state index in [0.717, 1.165) is 0 Å². The van der Waals surface area contributed by atoms with Gasteiger partial charge in [-0.3, -0.25) is 9.48 Å². The van der Waals surface area contributed by atoms with Crippen molar-refractivity contribution < 1.29 is 14.3 Å². The molecule has 1 unspecified atom stereocenters. The third-order valence-corrected chi connectivity index (χ3v) is 2.94. The molecule has 1 atom stereocenters. The Balaban J connectivity index is 2.75. The van der Waals surface area contributed by atoms with Gasteiger partial charge in [0.25, 0.3) is 0 Å². The van der Waals surface area contributed by atoms with Gasteiger partial charge in [0.15, 0.2) is 0 Å². The summed E-state index contributed by atoms with van der Waals surface area (Å²) in [7, 11) is 5.15. The largest absolute Gasteiger partial charge is 0.462 e. The number of likely N-dealkylation sites (N-methyl/N-ethyl adjacent to an activating group) is 1. The van der Waals surface area contributed by atoms with E-state index in [-0.39, 0.29) is 11.9 Å². The molecule has 1 amide bonds. The van der Waals surface area contributed by atoms with Crippen molar-refractivity contribution in [2.75, 3.05) is 20.7 Å². The van der Waals surface area contributed by atoms with Crippen molar-refractivity contribution in [1.82, 2.24) is 20.0 Å². The van der Waals surface area contributed by atoms with Crippen LogP contribution in [0.25, 0.3) is 0 Å². The zero-order chi connectivity index (χ0) is 15.3. The maximum Gasteiger partial charge on any atom is 0.341 e. The molecule has 0 spiro atoms. The molecule has 0 aliphatic heterocycles. The van der Waals surface area contributed by atoms with Gasteiger partial charge in [0, 0.05) is 27.7 Å². The molecule has 1 N–H and O–H groups in total. The first-order valence-corrected chi connectivity index (χ1v) is 6.51. The van der Waals surface area contributed by atoms with Gasteiger partial charge >= 0.3 is 5.97 Å². The van der Waals surface area contributed by atoms with Crippen LogP contribution in [0.3, 0.4) is 0 Å². The quantitative estimate of drug-likeness (QED) is 0.752. The zero-order valence-corrected chi connectivity index (χ0v) is 12.6. The van der Waals surface area contributed by atoms with Crippen LogP contribution < -0.4 is 5.32 Å². The van der Waals surface area contributed by atoms with Crippen LogP contribution in [0.2, 0.25) is 0 Å². The fourth-order valence-electron chi connectivity index (χ4n) is 1.78. The number of hydrogen-bond donors (Lipinski definition) is 1. The van der Waals surface area contributed by atoms with E-state index in [1.807, 2.05) is 0 Å². The number of hydrogen-bond acceptors (Lipinski definition) is 5. The normalized spacial score (nSPS) is 12.1. The molecule has 112 valence electrons. The van der Waals surface area contributed by atoms with Gasteiger partial charge in [-0.15, -0.1) is 0 Å². The maximum absolute atomic E-state index is 11.8. The van der Waals surface area contributed by atoms with Crippen molar-refractivity contribution in [3.8, 4) is 0 Å². The molecule has 7 nitrogen and oxygen atoms in total. The van der Waals surface area contributed by atoms with Crippen LogP contribution >= 0.6 is 0 Å². The lowest BCUT2D eigenvalue weighted by molar-refractivity contribution is -0.130. The molecule has 0 aliphatic rings. The number of nitrogens with one attached hydrogen (secondary N) is 1. The van der Waals surface area contributed by atoms with Gasteiger partial charge in [-0.25, -0.2) is 4.79 Å². The Kier molecular flexibility index (Phi) is 5.69. The smallest absolute Gasteiger partial charge is 0.341 e. The molecule has 0 saturated heterocycles. The Bertz CT molecular complexity index is 482. The van der Waals surface area contributed by atoms with Gasteiger partial charge < -0.3 is 15.0 Å². The van der Waals surface area contributed by atoms with Gasteiger partial charge in [-0.2, -0.15) is 5.10 Å². The van der Waals surface area contributed by atoms with Crippen LogP contribution in [-0.4, -0.2) is 53.3 Å². The first-order chi connectivity index (χ1) is 9.38. The fraction of sp³-hybridized carbons (Fsp3) is 0.615. The summed E-state index contributed by atoms with van der Waals surface area (Å²) in [5.74, 6) is -0.422. The van der Waals surface area contributed by atoms with E-state index < -0.39 is 5.97 Å². The predicted molar refractivity (Wildman–Crippen MR) is 74.2 cm³/mol. The Labute approximate surface area is 118 Å². The second-order valence-electron chi connectivity index (χ2n) is 4.68. The zero-order valence-electron chi connectivity index (χ0n) is 12.6. The minimum Gasteiger partial charge on any atom is -0.462 e. The van der Waals surface area contributed by atoms with E-state index in [2.05, 4.69) is 10.4 Å². The summed E-state index contributed by atoms with van der Waals surface area (Å²) >= 11 is 0. The minimum atomic E-state index is -0.399. The summed E-state index contributed by atoms with van der Waals surface area (Å²) in [5.41, 5.74) is 1.12. The molecule has 1 rings (SSSR count). The number of ether oxygens (including phenoxy) is 1.